The Hall–Kier alpha value is -2.58. The minimum Gasteiger partial charge on any atom is -0.417 e. The van der Waals surface area contributed by atoms with E-state index in [1.54, 1.807) is 0 Å². The molecule has 0 atom stereocenters. The molecule has 0 spiro atoms. The maximum absolute atomic E-state index is 11.9. The Kier molecular flexibility index (Phi) is 3.65. The lowest BCUT2D eigenvalue weighted by Gasteiger charge is -2.02. The average Bonchev–Trinajstić information content (AvgIpc) is 2.28. The molecule has 0 unspecified atom stereocenters. The highest BCUT2D eigenvalue weighted by Crippen LogP contribution is 2.30. The predicted molar refractivity (Wildman–Crippen MR) is 51.4 cm³/mol. The van der Waals surface area contributed by atoms with Crippen molar-refractivity contribution in [2.45, 2.75) is 0 Å². The Morgan fingerprint density at radius 2 is 1.94 bits per heavy atom. The molecule has 0 aliphatic heterocycles. The van der Waals surface area contributed by atoms with E-state index < -0.39 is 39.6 Å². The van der Waals surface area contributed by atoms with Gasteiger partial charge in [0, 0.05) is 6.07 Å². The van der Waals surface area contributed by atoms with Crippen molar-refractivity contribution in [3.05, 3.63) is 38.4 Å². The maximum Gasteiger partial charge on any atom is 0.343 e. The Morgan fingerprint density at radius 1 is 1.29 bits per heavy atom. The number of esters is 1. The van der Waals surface area contributed by atoms with E-state index in [0.717, 1.165) is 12.1 Å². The van der Waals surface area contributed by atoms with Crippen LogP contribution in [0.4, 0.5) is 15.8 Å². The lowest BCUT2D eigenvalue weighted by atomic mass is 10.2. The summed E-state index contributed by atoms with van der Waals surface area (Å²) in [6, 6.07) is 2.40. The highest BCUT2D eigenvalue weighted by Gasteiger charge is 2.22. The third-order valence-corrected chi connectivity index (χ3v) is 1.68. The van der Waals surface area contributed by atoms with E-state index in [0.29, 0.717) is 6.07 Å². The van der Waals surface area contributed by atoms with Gasteiger partial charge in [-0.25, -0.2) is 9.18 Å². The third-order valence-electron chi connectivity index (χ3n) is 1.68. The molecule has 0 N–H and O–H groups in total. The summed E-state index contributed by atoms with van der Waals surface area (Å²) < 4.78 is 16.2. The zero-order valence-electron chi connectivity index (χ0n) is 8.16. The van der Waals surface area contributed by atoms with Crippen LogP contribution in [0.3, 0.4) is 0 Å². The van der Waals surface area contributed by atoms with E-state index in [1.165, 1.54) is 0 Å². The Bertz CT molecular complexity index is 489. The fourth-order valence-electron chi connectivity index (χ4n) is 0.998. The summed E-state index contributed by atoms with van der Waals surface area (Å²) in [5.41, 5.74) is -1.31. The molecule has 0 amide bonds. The molecule has 17 heavy (non-hydrogen) atoms. The minimum absolute atomic E-state index is 0.531. The number of carbonyl (C=O) groups excluding carboxylic acids is 1. The van der Waals surface area contributed by atoms with Crippen molar-refractivity contribution >= 4 is 17.3 Å². The van der Waals surface area contributed by atoms with Crippen LogP contribution in [0.15, 0.2) is 18.2 Å². The third kappa shape index (κ3) is 2.93. The van der Waals surface area contributed by atoms with Gasteiger partial charge in [0.25, 0.3) is 5.69 Å². The SMILES string of the molecule is O=C(CF)Oc1ccc([N+](=O)[O-])cc1[N+](=O)[O-]. The van der Waals surface area contributed by atoms with Gasteiger partial charge >= 0.3 is 11.7 Å². The van der Waals surface area contributed by atoms with Gasteiger partial charge in [0.2, 0.25) is 5.75 Å². The van der Waals surface area contributed by atoms with Crippen molar-refractivity contribution in [3.8, 4) is 5.75 Å². The first kappa shape index (κ1) is 12.5. The largest absolute Gasteiger partial charge is 0.417 e. The van der Waals surface area contributed by atoms with Gasteiger partial charge in [-0.3, -0.25) is 20.2 Å². The Balaban J connectivity index is 3.17. The van der Waals surface area contributed by atoms with Crippen LogP contribution in [0.2, 0.25) is 0 Å². The zero-order chi connectivity index (χ0) is 13.0. The lowest BCUT2D eigenvalue weighted by Crippen LogP contribution is -2.10. The van der Waals surface area contributed by atoms with E-state index >= 15 is 0 Å². The molecule has 0 saturated heterocycles. The van der Waals surface area contributed by atoms with E-state index in [1.807, 2.05) is 0 Å². The molecule has 0 fully saturated rings. The predicted octanol–water partition coefficient (Wildman–Crippen LogP) is 1.38. The summed E-state index contributed by atoms with van der Waals surface area (Å²) in [7, 11) is 0. The van der Waals surface area contributed by atoms with Crippen LogP contribution in [0.1, 0.15) is 0 Å². The van der Waals surface area contributed by atoms with Crippen LogP contribution in [0.5, 0.6) is 5.75 Å². The lowest BCUT2D eigenvalue weighted by molar-refractivity contribution is -0.394. The van der Waals surface area contributed by atoms with Crippen molar-refractivity contribution in [1.29, 1.82) is 0 Å². The van der Waals surface area contributed by atoms with Crippen LogP contribution in [0, 0.1) is 20.2 Å². The van der Waals surface area contributed by atoms with Crippen molar-refractivity contribution in [1.82, 2.24) is 0 Å². The average molecular weight is 244 g/mol. The Morgan fingerprint density at radius 3 is 2.41 bits per heavy atom. The number of non-ortho nitro benzene ring substituents is 1. The number of nitro groups is 2. The summed E-state index contributed by atoms with van der Waals surface area (Å²) >= 11 is 0. The monoisotopic (exact) mass is 244 g/mol. The summed E-state index contributed by atoms with van der Waals surface area (Å²) in [6.07, 6.45) is 0. The number of carbonyl (C=O) groups is 1. The topological polar surface area (TPSA) is 113 Å². The number of nitro benzene ring substituents is 2. The van der Waals surface area contributed by atoms with Crippen molar-refractivity contribution in [3.63, 3.8) is 0 Å². The molecule has 0 aliphatic rings. The summed E-state index contributed by atoms with van der Waals surface area (Å²) in [6.45, 7) is -1.45. The van der Waals surface area contributed by atoms with Crippen molar-refractivity contribution in [2.24, 2.45) is 0 Å². The van der Waals surface area contributed by atoms with Gasteiger partial charge in [-0.15, -0.1) is 0 Å². The maximum atomic E-state index is 11.9. The number of benzene rings is 1. The normalized spacial score (nSPS) is 9.71. The molecule has 1 aromatic rings. The first-order chi connectivity index (χ1) is 7.95. The van der Waals surface area contributed by atoms with E-state index in [4.69, 9.17) is 0 Å². The van der Waals surface area contributed by atoms with Gasteiger partial charge in [-0.05, 0) is 6.07 Å². The van der Waals surface area contributed by atoms with E-state index in [-0.39, 0.29) is 0 Å². The first-order valence-electron chi connectivity index (χ1n) is 4.15. The first-order valence-corrected chi connectivity index (χ1v) is 4.15. The Labute approximate surface area is 92.9 Å². The van der Waals surface area contributed by atoms with Crippen LogP contribution < -0.4 is 4.74 Å². The number of ether oxygens (including phenoxy) is 1. The fraction of sp³-hybridized carbons (Fsp3) is 0.125. The number of hydrogen-bond donors (Lipinski definition) is 0. The number of halogens is 1. The summed E-state index contributed by atoms with van der Waals surface area (Å²) in [5.74, 6) is -1.86. The molecule has 1 rings (SSSR count). The highest BCUT2D eigenvalue weighted by atomic mass is 19.1. The van der Waals surface area contributed by atoms with Gasteiger partial charge in [-0.2, -0.15) is 0 Å². The van der Waals surface area contributed by atoms with E-state index in [9.17, 15) is 29.4 Å². The molecule has 0 radical (unpaired) electrons. The second-order valence-corrected chi connectivity index (χ2v) is 2.77. The van der Waals surface area contributed by atoms with Gasteiger partial charge in [0.1, 0.15) is 0 Å². The molecule has 90 valence electrons. The van der Waals surface area contributed by atoms with Gasteiger partial charge < -0.3 is 4.74 Å². The summed E-state index contributed by atoms with van der Waals surface area (Å²) in [4.78, 5) is 29.8. The molecular formula is C8H5FN2O6. The number of rotatable bonds is 4. The second kappa shape index (κ2) is 4.96. The van der Waals surface area contributed by atoms with Gasteiger partial charge in [0.15, 0.2) is 6.67 Å². The highest BCUT2D eigenvalue weighted by molar-refractivity contribution is 5.75. The second-order valence-electron chi connectivity index (χ2n) is 2.77. The zero-order valence-corrected chi connectivity index (χ0v) is 8.16. The molecule has 1 aromatic carbocycles. The molecule has 0 heterocycles. The summed E-state index contributed by atoms with van der Waals surface area (Å²) in [5, 5.41) is 20.9. The standard InChI is InChI=1S/C8H5FN2O6/c9-4-8(12)17-7-2-1-5(10(13)14)3-6(7)11(15)16/h1-3H,4H2. The fourth-order valence-corrected chi connectivity index (χ4v) is 0.998. The molecular weight excluding hydrogens is 239 g/mol. The van der Waals surface area contributed by atoms with Gasteiger partial charge in [-0.1, -0.05) is 0 Å². The van der Waals surface area contributed by atoms with Crippen molar-refractivity contribution in [2.75, 3.05) is 6.67 Å². The number of nitrogens with zero attached hydrogens (tertiary/aromatic N) is 2. The van der Waals surface area contributed by atoms with Crippen molar-refractivity contribution < 1.29 is 23.8 Å². The molecule has 0 saturated carbocycles. The molecule has 9 heteroatoms. The van der Waals surface area contributed by atoms with Crippen LogP contribution >= 0.6 is 0 Å². The molecule has 0 aliphatic carbocycles. The molecule has 8 nitrogen and oxygen atoms in total. The van der Waals surface area contributed by atoms with E-state index in [2.05, 4.69) is 4.74 Å². The van der Waals surface area contributed by atoms with Gasteiger partial charge in [0.05, 0.1) is 15.9 Å². The van der Waals surface area contributed by atoms with Crippen LogP contribution in [0.25, 0.3) is 0 Å². The molecule has 0 aromatic heterocycles. The quantitative estimate of drug-likeness (QED) is 0.342. The minimum atomic E-state index is -1.45. The number of alkyl halides is 1. The van der Waals surface area contributed by atoms with Crippen LogP contribution in [-0.4, -0.2) is 22.5 Å². The number of hydrogen-bond acceptors (Lipinski definition) is 6. The smallest absolute Gasteiger partial charge is 0.343 e. The van der Waals surface area contributed by atoms with Crippen LogP contribution in [-0.2, 0) is 4.79 Å². The molecule has 0 bridgehead atoms.